The molecule has 11 heteroatoms. The van der Waals surface area contributed by atoms with Gasteiger partial charge in [-0.05, 0) is 67.6 Å². The summed E-state index contributed by atoms with van der Waals surface area (Å²) in [6, 6.07) is 14.0. The standard InChI is InChI=1S/C22H19Cl2FN2O5S/c1-2-31-16-6-3-14(4-7-16)27-33(29,30)17-8-10-21(19(24)12-17)32-13-22(28)26-15-5-9-20(25)18(23)11-15/h3-12,27H,2,13H2,1H3,(H,26,28). The van der Waals surface area contributed by atoms with Crippen molar-refractivity contribution in [3.05, 3.63) is 76.5 Å². The van der Waals surface area contributed by atoms with Crippen molar-refractivity contribution in [3.63, 3.8) is 0 Å². The maximum absolute atomic E-state index is 13.2. The number of carbonyl (C=O) groups is 1. The van der Waals surface area contributed by atoms with E-state index in [1.54, 1.807) is 24.3 Å². The average molecular weight is 513 g/mol. The molecule has 2 N–H and O–H groups in total. The van der Waals surface area contributed by atoms with E-state index in [4.69, 9.17) is 32.7 Å². The van der Waals surface area contributed by atoms with Crippen LogP contribution >= 0.6 is 23.2 Å². The van der Waals surface area contributed by atoms with Crippen LogP contribution in [0, 0.1) is 5.82 Å². The van der Waals surface area contributed by atoms with Gasteiger partial charge in [-0.25, -0.2) is 12.8 Å². The van der Waals surface area contributed by atoms with Crippen LogP contribution in [0.25, 0.3) is 0 Å². The maximum Gasteiger partial charge on any atom is 0.262 e. The van der Waals surface area contributed by atoms with E-state index < -0.39 is 28.4 Å². The van der Waals surface area contributed by atoms with Crippen molar-refractivity contribution < 1.29 is 27.1 Å². The number of rotatable bonds is 9. The maximum atomic E-state index is 13.2. The molecule has 0 heterocycles. The van der Waals surface area contributed by atoms with E-state index in [2.05, 4.69) is 10.0 Å². The van der Waals surface area contributed by atoms with Crippen LogP contribution in [-0.4, -0.2) is 27.5 Å². The summed E-state index contributed by atoms with van der Waals surface area (Å²) in [7, 11) is -3.91. The third-order valence-electron chi connectivity index (χ3n) is 4.19. The highest BCUT2D eigenvalue weighted by Crippen LogP contribution is 2.29. The normalized spacial score (nSPS) is 11.0. The van der Waals surface area contributed by atoms with Gasteiger partial charge in [0.25, 0.3) is 15.9 Å². The lowest BCUT2D eigenvalue weighted by atomic mass is 10.3. The van der Waals surface area contributed by atoms with Crippen LogP contribution in [0.3, 0.4) is 0 Å². The van der Waals surface area contributed by atoms with E-state index in [1.165, 1.54) is 30.3 Å². The summed E-state index contributed by atoms with van der Waals surface area (Å²) in [6.45, 7) is 1.94. The van der Waals surface area contributed by atoms with Crippen molar-refractivity contribution in [2.24, 2.45) is 0 Å². The number of ether oxygens (including phenoxy) is 2. The highest BCUT2D eigenvalue weighted by molar-refractivity contribution is 7.92. The van der Waals surface area contributed by atoms with Gasteiger partial charge in [-0.15, -0.1) is 0 Å². The molecule has 0 aliphatic carbocycles. The molecule has 0 unspecified atom stereocenters. The van der Waals surface area contributed by atoms with Gasteiger partial charge in [0.1, 0.15) is 17.3 Å². The second-order valence-corrected chi connectivity index (χ2v) is 9.12. The molecular formula is C22H19Cl2FN2O5S. The van der Waals surface area contributed by atoms with E-state index in [0.29, 0.717) is 23.7 Å². The zero-order valence-electron chi connectivity index (χ0n) is 17.3. The fourth-order valence-electron chi connectivity index (χ4n) is 2.68. The fraction of sp³-hybridized carbons (Fsp3) is 0.136. The Morgan fingerprint density at radius 3 is 2.27 bits per heavy atom. The molecule has 0 fully saturated rings. The second kappa shape index (κ2) is 10.7. The van der Waals surface area contributed by atoms with Gasteiger partial charge in [-0.2, -0.15) is 0 Å². The van der Waals surface area contributed by atoms with Gasteiger partial charge in [0.2, 0.25) is 0 Å². The Morgan fingerprint density at radius 1 is 0.939 bits per heavy atom. The molecule has 3 rings (SSSR count). The number of sulfonamides is 1. The minimum absolute atomic E-state index is 0.00203. The molecule has 174 valence electrons. The Labute approximate surface area is 200 Å². The van der Waals surface area contributed by atoms with Crippen molar-refractivity contribution in [3.8, 4) is 11.5 Å². The molecule has 3 aromatic carbocycles. The average Bonchev–Trinajstić information content (AvgIpc) is 2.77. The number of benzene rings is 3. The van der Waals surface area contributed by atoms with Gasteiger partial charge >= 0.3 is 0 Å². The SMILES string of the molecule is CCOc1ccc(NS(=O)(=O)c2ccc(OCC(=O)Nc3ccc(F)c(Cl)c3)c(Cl)c2)cc1. The van der Waals surface area contributed by atoms with E-state index in [-0.39, 0.29) is 20.7 Å². The van der Waals surface area contributed by atoms with Crippen LogP contribution in [-0.2, 0) is 14.8 Å². The lowest BCUT2D eigenvalue weighted by molar-refractivity contribution is -0.118. The molecule has 0 spiro atoms. The van der Waals surface area contributed by atoms with Crippen molar-refractivity contribution in [2.45, 2.75) is 11.8 Å². The molecule has 0 atom stereocenters. The summed E-state index contributed by atoms with van der Waals surface area (Å²) >= 11 is 11.8. The zero-order chi connectivity index (χ0) is 24.0. The first-order chi connectivity index (χ1) is 15.7. The predicted molar refractivity (Wildman–Crippen MR) is 125 cm³/mol. The number of nitrogens with one attached hydrogen (secondary N) is 2. The highest BCUT2D eigenvalue weighted by atomic mass is 35.5. The van der Waals surface area contributed by atoms with Crippen molar-refractivity contribution in [1.29, 1.82) is 0 Å². The van der Waals surface area contributed by atoms with Crippen LogP contribution in [0.4, 0.5) is 15.8 Å². The molecule has 0 aliphatic rings. The summed E-state index contributed by atoms with van der Waals surface area (Å²) in [4.78, 5) is 12.0. The van der Waals surface area contributed by atoms with E-state index in [0.717, 1.165) is 6.07 Å². The molecule has 0 saturated heterocycles. The van der Waals surface area contributed by atoms with Crippen LogP contribution in [0.15, 0.2) is 65.6 Å². The summed E-state index contributed by atoms with van der Waals surface area (Å²) in [5.74, 6) is -0.409. The highest BCUT2D eigenvalue weighted by Gasteiger charge is 2.17. The fourth-order valence-corrected chi connectivity index (χ4v) is 4.24. The van der Waals surface area contributed by atoms with Gasteiger partial charge < -0.3 is 14.8 Å². The molecule has 1 amide bonds. The molecule has 33 heavy (non-hydrogen) atoms. The van der Waals surface area contributed by atoms with Gasteiger partial charge in [-0.1, -0.05) is 23.2 Å². The topological polar surface area (TPSA) is 93.7 Å². The quantitative estimate of drug-likeness (QED) is 0.403. The number of hydrogen-bond donors (Lipinski definition) is 2. The molecule has 7 nitrogen and oxygen atoms in total. The molecule has 0 aromatic heterocycles. The van der Waals surface area contributed by atoms with Gasteiger partial charge in [0.05, 0.1) is 21.5 Å². The Kier molecular flexibility index (Phi) is 8.01. The molecule has 0 radical (unpaired) electrons. The molecule has 0 bridgehead atoms. The second-order valence-electron chi connectivity index (χ2n) is 6.62. The number of amides is 1. The van der Waals surface area contributed by atoms with Crippen molar-refractivity contribution in [1.82, 2.24) is 0 Å². The van der Waals surface area contributed by atoms with Gasteiger partial charge in [0.15, 0.2) is 6.61 Å². The Morgan fingerprint density at radius 2 is 1.64 bits per heavy atom. The van der Waals surface area contributed by atoms with Crippen LogP contribution < -0.4 is 19.5 Å². The third kappa shape index (κ3) is 6.74. The summed E-state index contributed by atoms with van der Waals surface area (Å²) in [5.41, 5.74) is 0.648. The Hall–Kier alpha value is -3.01. The van der Waals surface area contributed by atoms with E-state index >= 15 is 0 Å². The number of hydrogen-bond acceptors (Lipinski definition) is 5. The third-order valence-corrected chi connectivity index (χ3v) is 6.16. The first kappa shape index (κ1) is 24.6. The minimum Gasteiger partial charge on any atom is -0.494 e. The molecule has 3 aromatic rings. The first-order valence-corrected chi connectivity index (χ1v) is 11.8. The lowest BCUT2D eigenvalue weighted by Gasteiger charge is -2.12. The Balaban J connectivity index is 1.62. The number of anilines is 2. The van der Waals surface area contributed by atoms with Gasteiger partial charge in [0, 0.05) is 11.4 Å². The molecule has 0 aliphatic heterocycles. The largest absolute Gasteiger partial charge is 0.494 e. The smallest absolute Gasteiger partial charge is 0.262 e. The summed E-state index contributed by atoms with van der Waals surface area (Å²) in [5, 5.41) is 2.37. The van der Waals surface area contributed by atoms with E-state index in [1.807, 2.05) is 6.92 Å². The summed E-state index contributed by atoms with van der Waals surface area (Å²) < 4.78 is 51.7. The first-order valence-electron chi connectivity index (χ1n) is 9.61. The number of halogens is 3. The predicted octanol–water partition coefficient (Wildman–Crippen LogP) is 5.35. The van der Waals surface area contributed by atoms with Crippen molar-refractivity contribution >= 4 is 50.5 Å². The van der Waals surface area contributed by atoms with Crippen molar-refractivity contribution in [2.75, 3.05) is 23.3 Å². The molecule has 0 saturated carbocycles. The lowest BCUT2D eigenvalue weighted by Crippen LogP contribution is -2.20. The van der Waals surface area contributed by atoms with Gasteiger partial charge in [-0.3, -0.25) is 9.52 Å². The van der Waals surface area contributed by atoms with Crippen LogP contribution in [0.5, 0.6) is 11.5 Å². The van der Waals surface area contributed by atoms with Crippen LogP contribution in [0.2, 0.25) is 10.0 Å². The number of carbonyl (C=O) groups excluding carboxylic acids is 1. The molecular weight excluding hydrogens is 494 g/mol. The minimum atomic E-state index is -3.91. The Bertz CT molecular complexity index is 1250. The van der Waals surface area contributed by atoms with E-state index in [9.17, 15) is 17.6 Å². The zero-order valence-corrected chi connectivity index (χ0v) is 19.6. The summed E-state index contributed by atoms with van der Waals surface area (Å²) in [6.07, 6.45) is 0. The van der Waals surface area contributed by atoms with Crippen LogP contribution in [0.1, 0.15) is 6.92 Å². The monoisotopic (exact) mass is 512 g/mol.